The van der Waals surface area contributed by atoms with Crippen molar-refractivity contribution >= 4 is 11.8 Å². The van der Waals surface area contributed by atoms with Crippen molar-refractivity contribution in [3.05, 3.63) is 23.4 Å². The van der Waals surface area contributed by atoms with Crippen molar-refractivity contribution in [2.75, 3.05) is 11.9 Å². The lowest BCUT2D eigenvalue weighted by atomic mass is 10.2. The number of carboxylic acid groups (broad SMARTS) is 1. The molecule has 0 aliphatic rings. The summed E-state index contributed by atoms with van der Waals surface area (Å²) in [6, 6.07) is 1.86. The number of halogens is 3. The van der Waals surface area contributed by atoms with Gasteiger partial charge in [-0.3, -0.25) is 0 Å². The van der Waals surface area contributed by atoms with Gasteiger partial charge in [0, 0.05) is 6.54 Å². The van der Waals surface area contributed by atoms with Crippen LogP contribution in [0.1, 0.15) is 35.8 Å². The molecule has 1 aromatic heterocycles. The Kier molecular flexibility index (Phi) is 4.52. The van der Waals surface area contributed by atoms with Crippen LogP contribution < -0.4 is 5.32 Å². The number of unbranched alkanes of at least 4 members (excludes halogenated alkanes) is 1. The van der Waals surface area contributed by atoms with Crippen LogP contribution in [-0.4, -0.2) is 22.6 Å². The largest absolute Gasteiger partial charge is 0.476 e. The Morgan fingerprint density at radius 3 is 2.61 bits per heavy atom. The lowest BCUT2D eigenvalue weighted by molar-refractivity contribution is -0.138. The Balaban J connectivity index is 3.01. The molecule has 4 nitrogen and oxygen atoms in total. The quantitative estimate of drug-likeness (QED) is 0.801. The Morgan fingerprint density at radius 2 is 2.11 bits per heavy atom. The van der Waals surface area contributed by atoms with Gasteiger partial charge in [-0.25, -0.2) is 9.78 Å². The molecule has 0 fully saturated rings. The predicted octanol–water partition coefficient (Wildman–Crippen LogP) is 3.01. The molecule has 1 heterocycles. The van der Waals surface area contributed by atoms with Crippen LogP contribution in [0.15, 0.2) is 12.1 Å². The highest BCUT2D eigenvalue weighted by molar-refractivity contribution is 5.87. The first-order chi connectivity index (χ1) is 8.36. The normalized spacial score (nSPS) is 11.3. The van der Waals surface area contributed by atoms with Crippen molar-refractivity contribution in [3.63, 3.8) is 0 Å². The highest BCUT2D eigenvalue weighted by Gasteiger charge is 2.36. The molecule has 0 aromatic carbocycles. The first-order valence-electron chi connectivity index (χ1n) is 5.41. The summed E-state index contributed by atoms with van der Waals surface area (Å²) in [6.07, 6.45) is -2.98. The molecule has 0 bridgehead atoms. The van der Waals surface area contributed by atoms with Gasteiger partial charge in [-0.1, -0.05) is 13.3 Å². The van der Waals surface area contributed by atoms with Gasteiger partial charge < -0.3 is 10.4 Å². The molecule has 18 heavy (non-hydrogen) atoms. The highest BCUT2D eigenvalue weighted by atomic mass is 19.4. The Labute approximate surface area is 102 Å². The van der Waals surface area contributed by atoms with Gasteiger partial charge in [-0.15, -0.1) is 0 Å². The van der Waals surface area contributed by atoms with E-state index in [0.717, 1.165) is 25.0 Å². The molecule has 0 saturated heterocycles. The molecule has 0 aliphatic heterocycles. The van der Waals surface area contributed by atoms with Crippen molar-refractivity contribution in [1.82, 2.24) is 4.98 Å². The van der Waals surface area contributed by atoms with Gasteiger partial charge in [0.05, 0.1) is 5.56 Å². The summed E-state index contributed by atoms with van der Waals surface area (Å²) in [5, 5.41) is 11.5. The molecule has 0 aliphatic carbocycles. The average Bonchev–Trinajstić information content (AvgIpc) is 2.27. The van der Waals surface area contributed by atoms with Gasteiger partial charge in [0.2, 0.25) is 0 Å². The number of nitrogens with one attached hydrogen (secondary N) is 1. The smallest absolute Gasteiger partial charge is 0.418 e. The van der Waals surface area contributed by atoms with Crippen LogP contribution in [0.25, 0.3) is 0 Å². The number of carbonyl (C=O) groups is 1. The number of rotatable bonds is 5. The van der Waals surface area contributed by atoms with Crippen molar-refractivity contribution in [3.8, 4) is 0 Å². The maximum atomic E-state index is 12.5. The second kappa shape index (κ2) is 5.70. The minimum absolute atomic E-state index is 0.133. The lowest BCUT2D eigenvalue weighted by Crippen LogP contribution is -2.16. The van der Waals surface area contributed by atoms with Gasteiger partial charge in [-0.2, -0.15) is 13.2 Å². The van der Waals surface area contributed by atoms with Crippen LogP contribution in [0.2, 0.25) is 0 Å². The van der Waals surface area contributed by atoms with E-state index in [0.29, 0.717) is 6.54 Å². The Morgan fingerprint density at radius 1 is 1.44 bits per heavy atom. The van der Waals surface area contributed by atoms with E-state index < -0.39 is 23.4 Å². The molecule has 0 atom stereocenters. The van der Waals surface area contributed by atoms with Gasteiger partial charge in [0.15, 0.2) is 5.69 Å². The monoisotopic (exact) mass is 262 g/mol. The van der Waals surface area contributed by atoms with Gasteiger partial charge in [-0.05, 0) is 18.6 Å². The SMILES string of the molecule is CCCCNc1ccc(C(F)(F)F)c(C(=O)O)n1. The summed E-state index contributed by atoms with van der Waals surface area (Å²) < 4.78 is 37.6. The molecule has 1 aromatic rings. The molecule has 0 amide bonds. The topological polar surface area (TPSA) is 62.2 Å². The van der Waals surface area contributed by atoms with E-state index in [9.17, 15) is 18.0 Å². The Bertz CT molecular complexity index is 433. The van der Waals surface area contributed by atoms with Crippen LogP contribution in [0.5, 0.6) is 0 Å². The van der Waals surface area contributed by atoms with Crippen LogP contribution >= 0.6 is 0 Å². The zero-order valence-electron chi connectivity index (χ0n) is 9.71. The average molecular weight is 262 g/mol. The first-order valence-corrected chi connectivity index (χ1v) is 5.41. The van der Waals surface area contributed by atoms with Gasteiger partial charge in [0.1, 0.15) is 5.82 Å². The molecule has 1 rings (SSSR count). The molecule has 7 heteroatoms. The molecule has 0 radical (unpaired) electrons. The fourth-order valence-corrected chi connectivity index (χ4v) is 1.34. The molecular weight excluding hydrogens is 249 g/mol. The highest BCUT2D eigenvalue weighted by Crippen LogP contribution is 2.31. The molecule has 2 N–H and O–H groups in total. The van der Waals surface area contributed by atoms with Crippen molar-refractivity contribution in [2.24, 2.45) is 0 Å². The van der Waals surface area contributed by atoms with E-state index in [1.807, 2.05) is 6.92 Å². The minimum atomic E-state index is -4.72. The third-order valence-corrected chi connectivity index (χ3v) is 2.24. The molecule has 0 unspecified atom stereocenters. The number of hydrogen-bond donors (Lipinski definition) is 2. The first kappa shape index (κ1) is 14.3. The van der Waals surface area contributed by atoms with E-state index in [1.165, 1.54) is 0 Å². The number of aromatic nitrogens is 1. The van der Waals surface area contributed by atoms with Gasteiger partial charge in [0.25, 0.3) is 0 Å². The summed E-state index contributed by atoms with van der Waals surface area (Å²) in [5.74, 6) is -1.56. The predicted molar refractivity (Wildman–Crippen MR) is 59.6 cm³/mol. The standard InChI is InChI=1S/C11H13F3N2O2/c1-2-3-6-15-8-5-4-7(11(12,13)14)9(16-8)10(17)18/h4-5H,2-3,6H2,1H3,(H,15,16)(H,17,18). The fraction of sp³-hybridized carbons (Fsp3) is 0.455. The third kappa shape index (κ3) is 3.61. The molecule has 100 valence electrons. The maximum Gasteiger partial charge on any atom is 0.418 e. The molecule has 0 saturated carbocycles. The summed E-state index contributed by atoms with van der Waals surface area (Å²) >= 11 is 0. The second-order valence-corrected chi connectivity index (χ2v) is 3.68. The van der Waals surface area contributed by atoms with Crippen LogP contribution in [0, 0.1) is 0 Å². The summed E-state index contributed by atoms with van der Waals surface area (Å²) in [6.45, 7) is 2.50. The minimum Gasteiger partial charge on any atom is -0.476 e. The number of nitrogens with zero attached hydrogens (tertiary/aromatic N) is 1. The fourth-order valence-electron chi connectivity index (χ4n) is 1.34. The number of anilines is 1. The third-order valence-electron chi connectivity index (χ3n) is 2.24. The maximum absolute atomic E-state index is 12.5. The summed E-state index contributed by atoms with van der Waals surface area (Å²) in [5.41, 5.74) is -2.22. The van der Waals surface area contributed by atoms with Gasteiger partial charge >= 0.3 is 12.1 Å². The van der Waals surface area contributed by atoms with Crippen molar-refractivity contribution < 1.29 is 23.1 Å². The van der Waals surface area contributed by atoms with Crippen LogP contribution in [0.3, 0.4) is 0 Å². The summed E-state index contributed by atoms with van der Waals surface area (Å²) in [7, 11) is 0. The van der Waals surface area contributed by atoms with Crippen LogP contribution in [0.4, 0.5) is 19.0 Å². The number of alkyl halides is 3. The van der Waals surface area contributed by atoms with E-state index in [1.54, 1.807) is 0 Å². The van der Waals surface area contributed by atoms with E-state index in [2.05, 4.69) is 10.3 Å². The van der Waals surface area contributed by atoms with Crippen molar-refractivity contribution in [2.45, 2.75) is 25.9 Å². The lowest BCUT2D eigenvalue weighted by Gasteiger charge is -2.11. The zero-order chi connectivity index (χ0) is 13.8. The molecule has 0 spiro atoms. The Hall–Kier alpha value is -1.79. The van der Waals surface area contributed by atoms with E-state index in [-0.39, 0.29) is 5.82 Å². The summed E-state index contributed by atoms with van der Waals surface area (Å²) in [4.78, 5) is 14.2. The number of hydrogen-bond acceptors (Lipinski definition) is 3. The van der Waals surface area contributed by atoms with Crippen molar-refractivity contribution in [1.29, 1.82) is 0 Å². The molecular formula is C11H13F3N2O2. The second-order valence-electron chi connectivity index (χ2n) is 3.68. The van der Waals surface area contributed by atoms with Crippen LogP contribution in [-0.2, 0) is 6.18 Å². The zero-order valence-corrected chi connectivity index (χ0v) is 9.71. The number of aromatic carboxylic acids is 1. The number of pyridine rings is 1. The van der Waals surface area contributed by atoms with E-state index in [4.69, 9.17) is 5.11 Å². The van der Waals surface area contributed by atoms with E-state index >= 15 is 0 Å². The number of carboxylic acids is 1.